The van der Waals surface area contributed by atoms with Gasteiger partial charge in [-0.25, -0.2) is 9.37 Å². The van der Waals surface area contributed by atoms with Crippen molar-refractivity contribution in [3.63, 3.8) is 0 Å². The smallest absolute Gasteiger partial charge is 0.199 e. The molecule has 0 saturated heterocycles. The zero-order valence-corrected chi connectivity index (χ0v) is 7.81. The Hall–Kier alpha value is -1.97. The third-order valence-electron chi connectivity index (χ3n) is 1.96. The van der Waals surface area contributed by atoms with Crippen molar-refractivity contribution in [3.8, 4) is 0 Å². The van der Waals surface area contributed by atoms with Gasteiger partial charge in [0.25, 0.3) is 0 Å². The highest BCUT2D eigenvalue weighted by atomic mass is 19.1. The molecule has 0 N–H and O–H groups in total. The summed E-state index contributed by atoms with van der Waals surface area (Å²) in [5.41, 5.74) is 1.16. The van der Waals surface area contributed by atoms with E-state index in [0.717, 1.165) is 5.56 Å². The average molecular weight is 205 g/mol. The fourth-order valence-electron chi connectivity index (χ4n) is 1.24. The van der Waals surface area contributed by atoms with Crippen molar-refractivity contribution in [2.75, 3.05) is 0 Å². The maximum Gasteiger partial charge on any atom is 0.199 e. The number of halogens is 1. The molecule has 0 amide bonds. The Bertz CT molecular complexity index is 462. The van der Waals surface area contributed by atoms with Crippen LogP contribution >= 0.6 is 0 Å². The van der Waals surface area contributed by atoms with Crippen LogP contribution < -0.4 is 0 Å². The molecule has 2 aromatic rings. The highest BCUT2D eigenvalue weighted by molar-refractivity contribution is 5.70. The van der Waals surface area contributed by atoms with Crippen LogP contribution in [0.2, 0.25) is 0 Å². The first-order chi connectivity index (χ1) is 7.28. The molecule has 3 nitrogen and oxygen atoms in total. The van der Waals surface area contributed by atoms with Crippen LogP contribution in [0.5, 0.6) is 0 Å². The number of rotatable bonds is 3. The molecule has 2 rings (SSSR count). The topological polar surface area (TPSA) is 43.1 Å². The second kappa shape index (κ2) is 4.04. The summed E-state index contributed by atoms with van der Waals surface area (Å²) in [5.74, 6) is 0.170. The summed E-state index contributed by atoms with van der Waals surface area (Å²) in [6, 6.07) is 6.05. The van der Waals surface area contributed by atoms with Crippen LogP contribution in [0, 0.1) is 5.82 Å². The van der Waals surface area contributed by atoms with Gasteiger partial charge in [0.2, 0.25) is 0 Å². The molecule has 0 aliphatic heterocycles. The molecule has 0 spiro atoms. The Balaban J connectivity index is 2.14. The zero-order chi connectivity index (χ0) is 10.7. The van der Waals surface area contributed by atoms with Crippen LogP contribution in [-0.4, -0.2) is 11.3 Å². The van der Waals surface area contributed by atoms with Gasteiger partial charge < -0.3 is 4.42 Å². The van der Waals surface area contributed by atoms with Gasteiger partial charge in [-0.1, -0.05) is 12.1 Å². The molecule has 0 radical (unpaired) electrons. The highest BCUT2D eigenvalue weighted by Gasteiger charge is 2.04. The maximum absolute atomic E-state index is 12.6. The van der Waals surface area contributed by atoms with E-state index in [2.05, 4.69) is 4.98 Å². The summed E-state index contributed by atoms with van der Waals surface area (Å²) < 4.78 is 17.7. The minimum absolute atomic E-state index is 0.270. The first kappa shape index (κ1) is 9.58. The second-order valence-electron chi connectivity index (χ2n) is 3.09. The van der Waals surface area contributed by atoms with Crippen LogP contribution in [0.1, 0.15) is 21.9 Å². The normalized spacial score (nSPS) is 10.2. The average Bonchev–Trinajstić information content (AvgIpc) is 2.69. The largest absolute Gasteiger partial charge is 0.448 e. The Morgan fingerprint density at radius 2 is 2.07 bits per heavy atom. The van der Waals surface area contributed by atoms with Gasteiger partial charge in [-0.3, -0.25) is 4.79 Å². The SMILES string of the molecule is O=Cc1coc(Cc2ccc(F)cc2)n1. The molecular weight excluding hydrogens is 197 g/mol. The number of aldehydes is 1. The van der Waals surface area contributed by atoms with Gasteiger partial charge in [0, 0.05) is 6.42 Å². The zero-order valence-electron chi connectivity index (χ0n) is 7.81. The molecule has 1 aromatic carbocycles. The Morgan fingerprint density at radius 3 is 2.67 bits per heavy atom. The third-order valence-corrected chi connectivity index (χ3v) is 1.96. The lowest BCUT2D eigenvalue weighted by Gasteiger charge is -1.96. The lowest BCUT2D eigenvalue weighted by atomic mass is 10.1. The predicted octanol–water partition coefficient (Wildman–Crippen LogP) is 2.22. The first-order valence-corrected chi connectivity index (χ1v) is 4.42. The molecular formula is C11H8FNO2. The molecule has 1 aromatic heterocycles. The van der Waals surface area contributed by atoms with Crippen molar-refractivity contribution in [1.82, 2.24) is 4.98 Å². The minimum atomic E-state index is -0.278. The van der Waals surface area contributed by atoms with Crippen molar-refractivity contribution in [2.24, 2.45) is 0 Å². The van der Waals surface area contributed by atoms with Crippen molar-refractivity contribution in [2.45, 2.75) is 6.42 Å². The Morgan fingerprint density at radius 1 is 1.33 bits per heavy atom. The van der Waals surface area contributed by atoms with E-state index in [9.17, 15) is 9.18 Å². The number of benzene rings is 1. The quantitative estimate of drug-likeness (QED) is 0.721. The molecule has 0 bridgehead atoms. The van der Waals surface area contributed by atoms with Gasteiger partial charge in [0.05, 0.1) is 0 Å². The Labute approximate surface area is 85.6 Å². The van der Waals surface area contributed by atoms with Gasteiger partial charge in [-0.15, -0.1) is 0 Å². The number of hydrogen-bond acceptors (Lipinski definition) is 3. The van der Waals surface area contributed by atoms with E-state index in [1.54, 1.807) is 12.1 Å². The van der Waals surface area contributed by atoms with Crippen LogP contribution in [0.3, 0.4) is 0 Å². The summed E-state index contributed by atoms with van der Waals surface area (Å²) in [5, 5.41) is 0. The molecule has 0 unspecified atom stereocenters. The summed E-state index contributed by atoms with van der Waals surface area (Å²) >= 11 is 0. The van der Waals surface area contributed by atoms with Gasteiger partial charge in [0.15, 0.2) is 12.2 Å². The lowest BCUT2D eigenvalue weighted by Crippen LogP contribution is -1.89. The Kier molecular flexibility index (Phi) is 2.58. The molecule has 0 fully saturated rings. The van der Waals surface area contributed by atoms with Crippen molar-refractivity contribution in [1.29, 1.82) is 0 Å². The monoisotopic (exact) mass is 205 g/mol. The van der Waals surface area contributed by atoms with E-state index in [1.165, 1.54) is 18.4 Å². The second-order valence-corrected chi connectivity index (χ2v) is 3.09. The van der Waals surface area contributed by atoms with Gasteiger partial charge in [-0.2, -0.15) is 0 Å². The van der Waals surface area contributed by atoms with Crippen LogP contribution in [0.15, 0.2) is 34.9 Å². The minimum Gasteiger partial charge on any atom is -0.448 e. The lowest BCUT2D eigenvalue weighted by molar-refractivity contribution is 0.111. The number of hydrogen-bond donors (Lipinski definition) is 0. The summed E-state index contributed by atoms with van der Waals surface area (Å²) in [7, 11) is 0. The molecule has 0 aliphatic rings. The number of aromatic nitrogens is 1. The number of nitrogens with zero attached hydrogens (tertiary/aromatic N) is 1. The summed E-state index contributed by atoms with van der Waals surface area (Å²) in [6.07, 6.45) is 2.37. The summed E-state index contributed by atoms with van der Waals surface area (Å²) in [6.45, 7) is 0. The van der Waals surface area contributed by atoms with Crippen LogP contribution in [0.4, 0.5) is 4.39 Å². The molecule has 76 valence electrons. The van der Waals surface area contributed by atoms with Crippen molar-refractivity contribution < 1.29 is 13.6 Å². The molecule has 0 aliphatic carbocycles. The van der Waals surface area contributed by atoms with E-state index in [4.69, 9.17) is 4.42 Å². The molecule has 4 heteroatoms. The van der Waals surface area contributed by atoms with E-state index in [1.807, 2.05) is 0 Å². The molecule has 15 heavy (non-hydrogen) atoms. The van der Waals surface area contributed by atoms with E-state index in [0.29, 0.717) is 18.6 Å². The predicted molar refractivity (Wildman–Crippen MR) is 51.1 cm³/mol. The standard InChI is InChI=1S/C11H8FNO2/c12-9-3-1-8(2-4-9)5-11-13-10(6-14)7-15-11/h1-4,6-7H,5H2. The van der Waals surface area contributed by atoms with Crippen LogP contribution in [-0.2, 0) is 6.42 Å². The van der Waals surface area contributed by atoms with Gasteiger partial charge >= 0.3 is 0 Å². The number of oxazole rings is 1. The van der Waals surface area contributed by atoms with E-state index < -0.39 is 0 Å². The van der Waals surface area contributed by atoms with Crippen molar-refractivity contribution in [3.05, 3.63) is 53.5 Å². The van der Waals surface area contributed by atoms with E-state index >= 15 is 0 Å². The third kappa shape index (κ3) is 2.28. The maximum atomic E-state index is 12.6. The van der Waals surface area contributed by atoms with Crippen molar-refractivity contribution >= 4 is 6.29 Å². The van der Waals surface area contributed by atoms with Gasteiger partial charge in [0.1, 0.15) is 17.8 Å². The number of carbonyl (C=O) groups excluding carboxylic acids is 1. The molecule has 1 heterocycles. The highest BCUT2D eigenvalue weighted by Crippen LogP contribution is 2.09. The van der Waals surface area contributed by atoms with E-state index in [-0.39, 0.29) is 11.5 Å². The fourth-order valence-corrected chi connectivity index (χ4v) is 1.24. The molecule has 0 saturated carbocycles. The molecule has 0 atom stereocenters. The van der Waals surface area contributed by atoms with Gasteiger partial charge in [-0.05, 0) is 17.7 Å². The van der Waals surface area contributed by atoms with Crippen LogP contribution in [0.25, 0.3) is 0 Å². The number of carbonyl (C=O) groups is 1. The fraction of sp³-hybridized carbons (Fsp3) is 0.0909. The first-order valence-electron chi connectivity index (χ1n) is 4.42. The summed E-state index contributed by atoms with van der Waals surface area (Å²) in [4.78, 5) is 14.3.